The Bertz CT molecular complexity index is 367. The van der Waals surface area contributed by atoms with Crippen LogP contribution in [0.15, 0.2) is 5.10 Å². The molecule has 0 aromatic rings. The lowest BCUT2D eigenvalue weighted by Crippen LogP contribution is -2.50. The molecule has 106 valence electrons. The van der Waals surface area contributed by atoms with Crippen LogP contribution in [0.5, 0.6) is 0 Å². The molecule has 3 nitrogen and oxygen atoms in total. The van der Waals surface area contributed by atoms with Gasteiger partial charge in [0.15, 0.2) is 5.11 Å². The van der Waals surface area contributed by atoms with E-state index in [1.807, 2.05) is 6.92 Å². The standard InChI is InChI=1S/C15H25N3S/c1-3-16-14(19)18-17-10(2)15-7-11-4-12(8-15)6-13(5-11)9-15/h11-13H,3-9H2,1-2H3,(H2,16,18,19)/b17-10-. The van der Waals surface area contributed by atoms with Crippen LogP contribution in [0.4, 0.5) is 0 Å². The first-order valence-corrected chi connectivity index (χ1v) is 8.11. The molecule has 4 bridgehead atoms. The molecule has 19 heavy (non-hydrogen) atoms. The zero-order chi connectivity index (χ0) is 13.5. The average molecular weight is 279 g/mol. The van der Waals surface area contributed by atoms with Crippen molar-refractivity contribution in [1.82, 2.24) is 10.7 Å². The Morgan fingerprint density at radius 3 is 2.16 bits per heavy atom. The molecular formula is C15H25N3S. The number of hydrogen-bond acceptors (Lipinski definition) is 2. The van der Waals surface area contributed by atoms with Gasteiger partial charge in [-0.25, -0.2) is 0 Å². The molecule has 0 spiro atoms. The van der Waals surface area contributed by atoms with Crippen LogP contribution in [-0.2, 0) is 0 Å². The van der Waals surface area contributed by atoms with E-state index < -0.39 is 0 Å². The second-order valence-corrected chi connectivity index (χ2v) is 7.27. The minimum absolute atomic E-state index is 0.392. The maximum absolute atomic E-state index is 5.19. The van der Waals surface area contributed by atoms with Crippen molar-refractivity contribution < 1.29 is 0 Å². The van der Waals surface area contributed by atoms with Crippen molar-refractivity contribution in [1.29, 1.82) is 0 Å². The Morgan fingerprint density at radius 1 is 1.16 bits per heavy atom. The predicted octanol–water partition coefficient (Wildman–Crippen LogP) is 3.06. The molecule has 0 aromatic heterocycles. The highest BCUT2D eigenvalue weighted by Crippen LogP contribution is 2.60. The summed E-state index contributed by atoms with van der Waals surface area (Å²) in [5, 5.41) is 8.33. The predicted molar refractivity (Wildman–Crippen MR) is 83.1 cm³/mol. The maximum Gasteiger partial charge on any atom is 0.186 e. The number of hydrazone groups is 1. The first-order chi connectivity index (χ1) is 9.11. The molecule has 0 atom stereocenters. The molecule has 0 saturated heterocycles. The van der Waals surface area contributed by atoms with Crippen LogP contribution >= 0.6 is 12.2 Å². The van der Waals surface area contributed by atoms with Crippen LogP contribution in [0.1, 0.15) is 52.4 Å². The van der Waals surface area contributed by atoms with Gasteiger partial charge in [-0.15, -0.1) is 0 Å². The first kappa shape index (κ1) is 13.3. The maximum atomic E-state index is 5.19. The summed E-state index contributed by atoms with van der Waals surface area (Å²) in [6.45, 7) is 5.09. The van der Waals surface area contributed by atoms with Crippen LogP contribution in [0, 0.1) is 23.2 Å². The first-order valence-electron chi connectivity index (χ1n) is 7.70. The Labute approximate surface area is 121 Å². The van der Waals surface area contributed by atoms with Gasteiger partial charge in [-0.3, -0.25) is 5.43 Å². The zero-order valence-corrected chi connectivity index (χ0v) is 12.9. The normalized spacial score (nSPS) is 40.3. The van der Waals surface area contributed by atoms with Gasteiger partial charge in [0, 0.05) is 17.7 Å². The van der Waals surface area contributed by atoms with Gasteiger partial charge < -0.3 is 5.32 Å². The van der Waals surface area contributed by atoms with E-state index in [2.05, 4.69) is 22.8 Å². The summed E-state index contributed by atoms with van der Waals surface area (Å²) in [5.74, 6) is 2.91. The Balaban J connectivity index is 1.70. The molecule has 0 aliphatic heterocycles. The monoisotopic (exact) mass is 279 g/mol. The van der Waals surface area contributed by atoms with Gasteiger partial charge in [-0.05, 0) is 82.3 Å². The van der Waals surface area contributed by atoms with E-state index in [4.69, 9.17) is 12.2 Å². The molecule has 4 heteroatoms. The molecule has 0 radical (unpaired) electrons. The Hall–Kier alpha value is -0.640. The van der Waals surface area contributed by atoms with Crippen molar-refractivity contribution >= 4 is 23.0 Å². The summed E-state index contributed by atoms with van der Waals surface area (Å²) in [7, 11) is 0. The highest BCUT2D eigenvalue weighted by molar-refractivity contribution is 7.80. The van der Waals surface area contributed by atoms with Gasteiger partial charge in [-0.1, -0.05) is 0 Å². The summed E-state index contributed by atoms with van der Waals surface area (Å²) >= 11 is 5.19. The average Bonchev–Trinajstić information content (AvgIpc) is 2.34. The Morgan fingerprint density at radius 2 is 1.68 bits per heavy atom. The van der Waals surface area contributed by atoms with Crippen LogP contribution in [0.3, 0.4) is 0 Å². The van der Waals surface area contributed by atoms with Crippen molar-refractivity contribution in [3.05, 3.63) is 0 Å². The van der Waals surface area contributed by atoms with Crippen molar-refractivity contribution in [2.75, 3.05) is 6.54 Å². The van der Waals surface area contributed by atoms with Crippen LogP contribution in [-0.4, -0.2) is 17.4 Å². The van der Waals surface area contributed by atoms with Gasteiger partial charge in [-0.2, -0.15) is 5.10 Å². The fourth-order valence-electron chi connectivity index (χ4n) is 5.01. The summed E-state index contributed by atoms with van der Waals surface area (Å²) in [4.78, 5) is 0. The summed E-state index contributed by atoms with van der Waals surface area (Å²) in [6, 6.07) is 0. The van der Waals surface area contributed by atoms with Crippen molar-refractivity contribution in [2.45, 2.75) is 52.4 Å². The lowest BCUT2D eigenvalue weighted by Gasteiger charge is -2.56. The van der Waals surface area contributed by atoms with E-state index in [1.165, 1.54) is 44.2 Å². The van der Waals surface area contributed by atoms with E-state index in [1.54, 1.807) is 0 Å². The highest BCUT2D eigenvalue weighted by Gasteiger charge is 2.52. The number of thiocarbonyl (C=S) groups is 1. The smallest absolute Gasteiger partial charge is 0.186 e. The van der Waals surface area contributed by atoms with Crippen molar-refractivity contribution in [3.8, 4) is 0 Å². The quantitative estimate of drug-likeness (QED) is 0.473. The minimum Gasteiger partial charge on any atom is -0.362 e. The molecule has 2 N–H and O–H groups in total. The molecule has 0 amide bonds. The molecular weight excluding hydrogens is 254 g/mol. The molecule has 0 unspecified atom stereocenters. The molecule has 0 heterocycles. The van der Waals surface area contributed by atoms with Gasteiger partial charge in [0.05, 0.1) is 0 Å². The van der Waals surface area contributed by atoms with E-state index in [0.29, 0.717) is 10.5 Å². The molecule has 4 fully saturated rings. The largest absolute Gasteiger partial charge is 0.362 e. The zero-order valence-electron chi connectivity index (χ0n) is 12.0. The second-order valence-electron chi connectivity index (χ2n) is 6.87. The topological polar surface area (TPSA) is 36.4 Å². The SMILES string of the molecule is CCNC(=S)N/N=C(/C)C12CC3CC(CC(C3)C1)C2. The highest BCUT2D eigenvalue weighted by atomic mass is 32.1. The van der Waals surface area contributed by atoms with Gasteiger partial charge in [0.1, 0.15) is 0 Å². The van der Waals surface area contributed by atoms with Gasteiger partial charge in [0.25, 0.3) is 0 Å². The molecule has 0 aromatic carbocycles. The molecule has 4 aliphatic rings. The lowest BCUT2D eigenvalue weighted by molar-refractivity contribution is -0.0128. The van der Waals surface area contributed by atoms with Crippen molar-refractivity contribution in [2.24, 2.45) is 28.3 Å². The fourth-order valence-corrected chi connectivity index (χ4v) is 5.20. The van der Waals surface area contributed by atoms with Gasteiger partial charge in [0.2, 0.25) is 0 Å². The van der Waals surface area contributed by atoms with Crippen LogP contribution < -0.4 is 10.7 Å². The second kappa shape index (κ2) is 5.04. The molecule has 4 saturated carbocycles. The molecule has 4 aliphatic carbocycles. The van der Waals surface area contributed by atoms with Crippen LogP contribution in [0.25, 0.3) is 0 Å². The third-order valence-electron chi connectivity index (χ3n) is 5.47. The number of nitrogens with zero attached hydrogens (tertiary/aromatic N) is 1. The summed E-state index contributed by atoms with van der Waals surface area (Å²) < 4.78 is 0. The van der Waals surface area contributed by atoms with Crippen molar-refractivity contribution in [3.63, 3.8) is 0 Å². The third kappa shape index (κ3) is 2.51. The minimum atomic E-state index is 0.392. The van der Waals surface area contributed by atoms with Crippen LogP contribution in [0.2, 0.25) is 0 Å². The van der Waals surface area contributed by atoms with E-state index >= 15 is 0 Å². The van der Waals surface area contributed by atoms with E-state index in [9.17, 15) is 0 Å². The fraction of sp³-hybridized carbons (Fsp3) is 0.867. The van der Waals surface area contributed by atoms with E-state index in [-0.39, 0.29) is 0 Å². The lowest BCUT2D eigenvalue weighted by atomic mass is 9.48. The number of nitrogens with one attached hydrogen (secondary N) is 2. The van der Waals surface area contributed by atoms with E-state index in [0.717, 1.165) is 24.3 Å². The Kier molecular flexibility index (Phi) is 3.54. The van der Waals surface area contributed by atoms with Gasteiger partial charge >= 0.3 is 0 Å². The third-order valence-corrected chi connectivity index (χ3v) is 5.70. The number of rotatable bonds is 3. The molecule has 4 rings (SSSR count). The summed E-state index contributed by atoms with van der Waals surface area (Å²) in [6.07, 6.45) is 8.54. The summed E-state index contributed by atoms with van der Waals surface area (Å²) in [5.41, 5.74) is 4.69. The number of hydrogen-bond donors (Lipinski definition) is 2.